The number of amides is 1. The molecule has 0 aromatic heterocycles. The van der Waals surface area contributed by atoms with Gasteiger partial charge in [-0.15, -0.1) is 0 Å². The molecule has 0 aliphatic rings. The normalized spacial score (nSPS) is 10.8. The van der Waals surface area contributed by atoms with E-state index in [0.717, 1.165) is 0 Å². The number of carboxylic acid groups (broad SMARTS) is 1. The van der Waals surface area contributed by atoms with Crippen molar-refractivity contribution in [1.29, 1.82) is 0 Å². The molecule has 1 aromatic rings. The van der Waals surface area contributed by atoms with E-state index < -0.39 is 17.7 Å². The SMILES string of the molecule is COc1ccc(Br)c(NC(=O)OC(C)(C)C)c1C(=O)O. The molecule has 1 aromatic carbocycles. The Morgan fingerprint density at radius 3 is 2.35 bits per heavy atom. The third-order valence-corrected chi connectivity index (χ3v) is 2.84. The van der Waals surface area contributed by atoms with Gasteiger partial charge in [-0.2, -0.15) is 0 Å². The predicted octanol–water partition coefficient (Wildman–Crippen LogP) is 3.50. The number of ether oxygens (including phenoxy) is 2. The van der Waals surface area contributed by atoms with Crippen LogP contribution in [0.5, 0.6) is 5.75 Å². The Morgan fingerprint density at radius 1 is 1.30 bits per heavy atom. The maximum Gasteiger partial charge on any atom is 0.412 e. The zero-order valence-corrected chi connectivity index (χ0v) is 13.2. The lowest BCUT2D eigenvalue weighted by atomic mass is 10.1. The number of carbonyl (C=O) groups is 2. The van der Waals surface area contributed by atoms with Crippen LogP contribution in [-0.4, -0.2) is 29.9 Å². The number of hydrogen-bond acceptors (Lipinski definition) is 4. The van der Waals surface area contributed by atoms with Crippen LogP contribution in [0, 0.1) is 0 Å². The van der Waals surface area contributed by atoms with E-state index in [1.807, 2.05) is 0 Å². The Kier molecular flexibility index (Phi) is 4.99. The fourth-order valence-electron chi connectivity index (χ4n) is 1.47. The van der Waals surface area contributed by atoms with Crippen LogP contribution in [0.15, 0.2) is 16.6 Å². The largest absolute Gasteiger partial charge is 0.496 e. The lowest BCUT2D eigenvalue weighted by Gasteiger charge is -2.21. The van der Waals surface area contributed by atoms with Crippen molar-refractivity contribution in [3.8, 4) is 5.75 Å². The number of nitrogens with one attached hydrogen (secondary N) is 1. The van der Waals surface area contributed by atoms with Crippen LogP contribution in [0.2, 0.25) is 0 Å². The number of rotatable bonds is 3. The number of carbonyl (C=O) groups excluding carboxylic acids is 1. The van der Waals surface area contributed by atoms with E-state index in [0.29, 0.717) is 4.47 Å². The molecule has 7 heteroatoms. The average Bonchev–Trinajstić information content (AvgIpc) is 2.28. The van der Waals surface area contributed by atoms with Gasteiger partial charge in [-0.05, 0) is 48.8 Å². The van der Waals surface area contributed by atoms with Gasteiger partial charge in [-0.3, -0.25) is 5.32 Å². The third-order valence-electron chi connectivity index (χ3n) is 2.18. The smallest absolute Gasteiger partial charge is 0.412 e. The Balaban J connectivity index is 3.17. The standard InChI is InChI=1S/C13H16BrNO5/c1-13(2,3)20-12(18)15-10-7(14)5-6-8(19-4)9(10)11(16)17/h5-6H,1-4H3,(H,15,18)(H,16,17). The molecule has 20 heavy (non-hydrogen) atoms. The monoisotopic (exact) mass is 345 g/mol. The molecular weight excluding hydrogens is 330 g/mol. The summed E-state index contributed by atoms with van der Waals surface area (Å²) in [5.74, 6) is -1.07. The zero-order chi connectivity index (χ0) is 15.5. The highest BCUT2D eigenvalue weighted by molar-refractivity contribution is 9.10. The highest BCUT2D eigenvalue weighted by Gasteiger charge is 2.23. The minimum Gasteiger partial charge on any atom is -0.496 e. The predicted molar refractivity (Wildman–Crippen MR) is 77.5 cm³/mol. The Bertz CT molecular complexity index is 536. The van der Waals surface area contributed by atoms with Crippen molar-refractivity contribution >= 4 is 33.7 Å². The quantitative estimate of drug-likeness (QED) is 0.875. The maximum atomic E-state index is 11.8. The molecule has 6 nitrogen and oxygen atoms in total. The van der Waals surface area contributed by atoms with Crippen LogP contribution < -0.4 is 10.1 Å². The number of carboxylic acids is 1. The van der Waals surface area contributed by atoms with Gasteiger partial charge in [0.25, 0.3) is 0 Å². The molecule has 0 aliphatic heterocycles. The van der Waals surface area contributed by atoms with Crippen molar-refractivity contribution in [1.82, 2.24) is 0 Å². The van der Waals surface area contributed by atoms with Gasteiger partial charge >= 0.3 is 12.1 Å². The fraction of sp³-hybridized carbons (Fsp3) is 0.385. The summed E-state index contributed by atoms with van der Waals surface area (Å²) in [5.41, 5.74) is -0.738. The topological polar surface area (TPSA) is 84.9 Å². The first-order chi connectivity index (χ1) is 9.15. The molecule has 0 atom stereocenters. The highest BCUT2D eigenvalue weighted by Crippen LogP contribution is 2.34. The lowest BCUT2D eigenvalue weighted by molar-refractivity contribution is 0.0636. The highest BCUT2D eigenvalue weighted by atomic mass is 79.9. The lowest BCUT2D eigenvalue weighted by Crippen LogP contribution is -2.28. The summed E-state index contributed by atoms with van der Waals surface area (Å²) in [7, 11) is 1.35. The number of benzene rings is 1. The number of methoxy groups -OCH3 is 1. The second kappa shape index (κ2) is 6.13. The molecule has 2 N–H and O–H groups in total. The number of halogens is 1. The summed E-state index contributed by atoms with van der Waals surface area (Å²) in [6.07, 6.45) is -0.742. The van der Waals surface area contributed by atoms with Crippen molar-refractivity contribution in [3.05, 3.63) is 22.2 Å². The molecule has 0 saturated heterocycles. The molecule has 0 heterocycles. The van der Waals surface area contributed by atoms with Gasteiger partial charge in [0.2, 0.25) is 0 Å². The Labute approximate surface area is 125 Å². The first-order valence-corrected chi connectivity index (χ1v) is 6.55. The van der Waals surface area contributed by atoms with Gasteiger partial charge in [0, 0.05) is 4.47 Å². The molecule has 0 unspecified atom stereocenters. The minimum absolute atomic E-state index is 0.0890. The van der Waals surface area contributed by atoms with Crippen LogP contribution in [0.3, 0.4) is 0 Å². The van der Waals surface area contributed by atoms with E-state index in [2.05, 4.69) is 21.2 Å². The Morgan fingerprint density at radius 2 is 1.90 bits per heavy atom. The molecule has 0 saturated carbocycles. The van der Waals surface area contributed by atoms with Gasteiger partial charge in [0.05, 0.1) is 12.8 Å². The van der Waals surface area contributed by atoms with E-state index in [9.17, 15) is 14.7 Å². The van der Waals surface area contributed by atoms with Crippen molar-refractivity contribution in [3.63, 3.8) is 0 Å². The maximum absolute atomic E-state index is 11.8. The van der Waals surface area contributed by atoms with Gasteiger partial charge in [0.15, 0.2) is 0 Å². The van der Waals surface area contributed by atoms with Crippen molar-refractivity contribution in [2.45, 2.75) is 26.4 Å². The van der Waals surface area contributed by atoms with Gasteiger partial charge < -0.3 is 14.6 Å². The first kappa shape index (κ1) is 16.3. The average molecular weight is 346 g/mol. The summed E-state index contributed by atoms with van der Waals surface area (Å²) >= 11 is 3.20. The van der Waals surface area contributed by atoms with Crippen molar-refractivity contribution < 1.29 is 24.2 Å². The molecule has 1 amide bonds. The molecule has 0 aliphatic carbocycles. The van der Waals surface area contributed by atoms with Crippen LogP contribution in [0.25, 0.3) is 0 Å². The van der Waals surface area contributed by atoms with Crippen molar-refractivity contribution in [2.24, 2.45) is 0 Å². The second-order valence-corrected chi connectivity index (χ2v) is 5.79. The number of hydrogen-bond donors (Lipinski definition) is 2. The fourth-order valence-corrected chi connectivity index (χ4v) is 1.90. The third kappa shape index (κ3) is 4.12. The summed E-state index contributed by atoms with van der Waals surface area (Å²) in [5, 5.41) is 11.7. The van der Waals surface area contributed by atoms with E-state index in [4.69, 9.17) is 9.47 Å². The molecule has 0 spiro atoms. The molecule has 0 fully saturated rings. The van der Waals surface area contributed by atoms with Gasteiger partial charge in [-0.25, -0.2) is 9.59 Å². The molecule has 1 rings (SSSR count). The summed E-state index contributed by atoms with van der Waals surface area (Å²) in [6.45, 7) is 5.14. The first-order valence-electron chi connectivity index (χ1n) is 5.75. The van der Waals surface area contributed by atoms with E-state index >= 15 is 0 Å². The summed E-state index contributed by atoms with van der Waals surface area (Å²) in [6, 6.07) is 3.08. The molecular formula is C13H16BrNO5. The van der Waals surface area contributed by atoms with E-state index in [1.54, 1.807) is 26.8 Å². The number of anilines is 1. The van der Waals surface area contributed by atoms with Crippen LogP contribution in [0.1, 0.15) is 31.1 Å². The minimum atomic E-state index is -1.21. The zero-order valence-electron chi connectivity index (χ0n) is 11.6. The van der Waals surface area contributed by atoms with Crippen LogP contribution in [-0.2, 0) is 4.74 Å². The molecule has 0 radical (unpaired) electrons. The summed E-state index contributed by atoms with van der Waals surface area (Å²) in [4.78, 5) is 23.1. The second-order valence-electron chi connectivity index (χ2n) is 4.93. The Hall–Kier alpha value is -1.76. The summed E-state index contributed by atoms with van der Waals surface area (Å²) < 4.78 is 10.5. The molecule has 0 bridgehead atoms. The van der Waals surface area contributed by atoms with Crippen molar-refractivity contribution in [2.75, 3.05) is 12.4 Å². The molecule has 110 valence electrons. The van der Waals surface area contributed by atoms with E-state index in [-0.39, 0.29) is 17.0 Å². The van der Waals surface area contributed by atoms with Gasteiger partial charge in [-0.1, -0.05) is 0 Å². The van der Waals surface area contributed by atoms with Gasteiger partial charge in [0.1, 0.15) is 16.9 Å². The van der Waals surface area contributed by atoms with Crippen LogP contribution >= 0.6 is 15.9 Å². The number of aromatic carboxylic acids is 1. The van der Waals surface area contributed by atoms with E-state index in [1.165, 1.54) is 13.2 Å². The van der Waals surface area contributed by atoms with Crippen LogP contribution in [0.4, 0.5) is 10.5 Å².